The van der Waals surface area contributed by atoms with Crippen LogP contribution < -0.4 is 0 Å². The van der Waals surface area contributed by atoms with Gasteiger partial charge in [0.15, 0.2) is 0 Å². The van der Waals surface area contributed by atoms with Crippen LogP contribution in [0.2, 0.25) is 0 Å². The van der Waals surface area contributed by atoms with E-state index < -0.39 is 0 Å². The van der Waals surface area contributed by atoms with Gasteiger partial charge in [-0.05, 0) is 36.8 Å². The molecule has 1 aliphatic rings. The standard InChI is InChI=1S/C18H29N/c1-3-9-17(4-2)18-12-8-13-19(15-18)14-16-10-6-5-7-11-16/h5-7,10-11,17-18H,3-4,8-9,12-15H2,1-2H3. The van der Waals surface area contributed by atoms with Crippen molar-refractivity contribution in [3.8, 4) is 0 Å². The van der Waals surface area contributed by atoms with Gasteiger partial charge < -0.3 is 0 Å². The first-order chi connectivity index (χ1) is 9.33. The molecule has 1 aliphatic heterocycles. The lowest BCUT2D eigenvalue weighted by Crippen LogP contribution is -2.37. The Bertz CT molecular complexity index is 346. The largest absolute Gasteiger partial charge is 0.299 e. The highest BCUT2D eigenvalue weighted by Crippen LogP contribution is 2.30. The molecule has 0 aliphatic carbocycles. The van der Waals surface area contributed by atoms with Crippen molar-refractivity contribution in [1.29, 1.82) is 0 Å². The highest BCUT2D eigenvalue weighted by molar-refractivity contribution is 5.14. The predicted molar refractivity (Wildman–Crippen MR) is 83.1 cm³/mol. The topological polar surface area (TPSA) is 3.24 Å². The lowest BCUT2D eigenvalue weighted by atomic mass is 9.81. The van der Waals surface area contributed by atoms with Gasteiger partial charge in [0.1, 0.15) is 0 Å². The van der Waals surface area contributed by atoms with E-state index in [4.69, 9.17) is 0 Å². The smallest absolute Gasteiger partial charge is 0.0233 e. The molecule has 0 radical (unpaired) electrons. The molecule has 2 unspecified atom stereocenters. The minimum Gasteiger partial charge on any atom is -0.299 e. The minimum atomic E-state index is 0.933. The van der Waals surface area contributed by atoms with Gasteiger partial charge in [0.25, 0.3) is 0 Å². The van der Waals surface area contributed by atoms with Crippen LogP contribution in [0, 0.1) is 11.8 Å². The quantitative estimate of drug-likeness (QED) is 0.714. The lowest BCUT2D eigenvalue weighted by molar-refractivity contribution is 0.121. The van der Waals surface area contributed by atoms with Crippen LogP contribution in [0.3, 0.4) is 0 Å². The highest BCUT2D eigenvalue weighted by atomic mass is 15.1. The molecule has 0 N–H and O–H groups in total. The second-order valence-corrected chi connectivity index (χ2v) is 6.08. The fraction of sp³-hybridized carbons (Fsp3) is 0.667. The van der Waals surface area contributed by atoms with Crippen molar-refractivity contribution in [3.63, 3.8) is 0 Å². The van der Waals surface area contributed by atoms with Crippen molar-refractivity contribution in [2.24, 2.45) is 11.8 Å². The van der Waals surface area contributed by atoms with Gasteiger partial charge in [-0.2, -0.15) is 0 Å². The van der Waals surface area contributed by atoms with E-state index in [0.717, 1.165) is 18.4 Å². The predicted octanol–water partition coefficient (Wildman–Crippen LogP) is 4.72. The van der Waals surface area contributed by atoms with Crippen LogP contribution in [0.25, 0.3) is 0 Å². The Kier molecular flexibility index (Phi) is 5.91. The van der Waals surface area contributed by atoms with Gasteiger partial charge in [-0.1, -0.05) is 63.4 Å². The summed E-state index contributed by atoms with van der Waals surface area (Å²) in [7, 11) is 0. The summed E-state index contributed by atoms with van der Waals surface area (Å²) >= 11 is 0. The van der Waals surface area contributed by atoms with Gasteiger partial charge >= 0.3 is 0 Å². The zero-order valence-corrected chi connectivity index (χ0v) is 12.6. The maximum absolute atomic E-state index is 2.67. The molecule has 1 aromatic rings. The molecular weight excluding hydrogens is 230 g/mol. The first-order valence-corrected chi connectivity index (χ1v) is 8.09. The van der Waals surface area contributed by atoms with Gasteiger partial charge in [0, 0.05) is 13.1 Å². The average molecular weight is 259 g/mol. The van der Waals surface area contributed by atoms with E-state index in [1.807, 2.05) is 0 Å². The Morgan fingerprint density at radius 3 is 2.68 bits per heavy atom. The lowest BCUT2D eigenvalue weighted by Gasteiger charge is -2.37. The van der Waals surface area contributed by atoms with Crippen molar-refractivity contribution in [2.75, 3.05) is 13.1 Å². The van der Waals surface area contributed by atoms with Crippen LogP contribution in [0.5, 0.6) is 0 Å². The summed E-state index contributed by atoms with van der Waals surface area (Å²) in [6.45, 7) is 8.44. The van der Waals surface area contributed by atoms with Gasteiger partial charge in [-0.25, -0.2) is 0 Å². The zero-order chi connectivity index (χ0) is 13.5. The van der Waals surface area contributed by atoms with E-state index >= 15 is 0 Å². The van der Waals surface area contributed by atoms with E-state index in [2.05, 4.69) is 49.1 Å². The Labute approximate surface area is 119 Å². The van der Waals surface area contributed by atoms with Crippen LogP contribution in [-0.4, -0.2) is 18.0 Å². The molecule has 19 heavy (non-hydrogen) atoms. The number of rotatable bonds is 6. The molecule has 0 spiro atoms. The number of piperidine rings is 1. The van der Waals surface area contributed by atoms with E-state index in [1.54, 1.807) is 0 Å². The molecule has 0 aromatic heterocycles. The number of hydrogen-bond donors (Lipinski definition) is 0. The number of benzene rings is 1. The van der Waals surface area contributed by atoms with Crippen LogP contribution in [-0.2, 0) is 6.54 Å². The molecule has 2 atom stereocenters. The third kappa shape index (κ3) is 4.35. The Balaban J connectivity index is 1.89. The average Bonchev–Trinajstić information content (AvgIpc) is 2.46. The SMILES string of the molecule is CCCC(CC)C1CCCN(Cc2ccccc2)C1. The highest BCUT2D eigenvalue weighted by Gasteiger charge is 2.25. The summed E-state index contributed by atoms with van der Waals surface area (Å²) < 4.78 is 0. The molecule has 0 bridgehead atoms. The molecule has 1 nitrogen and oxygen atoms in total. The second-order valence-electron chi connectivity index (χ2n) is 6.08. The van der Waals surface area contributed by atoms with Crippen molar-refractivity contribution in [3.05, 3.63) is 35.9 Å². The Morgan fingerprint density at radius 1 is 1.21 bits per heavy atom. The summed E-state index contributed by atoms with van der Waals surface area (Å²) in [5, 5.41) is 0. The maximum atomic E-state index is 2.67. The monoisotopic (exact) mass is 259 g/mol. The third-order valence-corrected chi connectivity index (χ3v) is 4.64. The molecule has 106 valence electrons. The normalized spacial score (nSPS) is 22.3. The molecule has 2 rings (SSSR count). The van der Waals surface area contributed by atoms with Crippen molar-refractivity contribution in [1.82, 2.24) is 4.90 Å². The fourth-order valence-corrected chi connectivity index (χ4v) is 3.61. The first kappa shape index (κ1) is 14.6. The summed E-state index contributed by atoms with van der Waals surface area (Å²) in [4.78, 5) is 2.67. The molecule has 0 saturated carbocycles. The summed E-state index contributed by atoms with van der Waals surface area (Å²) in [5.74, 6) is 1.88. The molecule has 1 heterocycles. The van der Waals surface area contributed by atoms with Crippen molar-refractivity contribution in [2.45, 2.75) is 52.5 Å². The van der Waals surface area contributed by atoms with E-state index in [1.165, 1.54) is 50.8 Å². The van der Waals surface area contributed by atoms with Gasteiger partial charge in [0.2, 0.25) is 0 Å². The van der Waals surface area contributed by atoms with Crippen molar-refractivity contribution >= 4 is 0 Å². The molecule has 1 saturated heterocycles. The minimum absolute atomic E-state index is 0.933. The van der Waals surface area contributed by atoms with Gasteiger partial charge in [-0.15, -0.1) is 0 Å². The van der Waals surface area contributed by atoms with Crippen LogP contribution >= 0.6 is 0 Å². The van der Waals surface area contributed by atoms with Gasteiger partial charge in [0.05, 0.1) is 0 Å². The first-order valence-electron chi connectivity index (χ1n) is 8.09. The molecule has 1 fully saturated rings. The van der Waals surface area contributed by atoms with Gasteiger partial charge in [-0.3, -0.25) is 4.90 Å². The third-order valence-electron chi connectivity index (χ3n) is 4.64. The summed E-state index contributed by atoms with van der Waals surface area (Å²) in [6.07, 6.45) is 6.95. The van der Waals surface area contributed by atoms with Crippen molar-refractivity contribution < 1.29 is 0 Å². The molecule has 0 amide bonds. The second kappa shape index (κ2) is 7.69. The van der Waals surface area contributed by atoms with Crippen LogP contribution in [0.1, 0.15) is 51.5 Å². The number of nitrogens with zero attached hydrogens (tertiary/aromatic N) is 1. The molecule has 1 heteroatoms. The van der Waals surface area contributed by atoms with E-state index in [-0.39, 0.29) is 0 Å². The number of likely N-dealkylation sites (tertiary alicyclic amines) is 1. The molecule has 1 aromatic carbocycles. The fourth-order valence-electron chi connectivity index (χ4n) is 3.61. The Hall–Kier alpha value is -0.820. The Morgan fingerprint density at radius 2 is 2.00 bits per heavy atom. The number of hydrogen-bond acceptors (Lipinski definition) is 1. The maximum Gasteiger partial charge on any atom is 0.0233 e. The molecular formula is C18H29N. The summed E-state index contributed by atoms with van der Waals surface area (Å²) in [6, 6.07) is 10.9. The van der Waals surface area contributed by atoms with Crippen LogP contribution in [0.15, 0.2) is 30.3 Å². The van der Waals surface area contributed by atoms with E-state index in [9.17, 15) is 0 Å². The zero-order valence-electron chi connectivity index (χ0n) is 12.6. The summed E-state index contributed by atoms with van der Waals surface area (Å²) in [5.41, 5.74) is 1.46. The van der Waals surface area contributed by atoms with Crippen LogP contribution in [0.4, 0.5) is 0 Å². The van der Waals surface area contributed by atoms with E-state index in [0.29, 0.717) is 0 Å².